The van der Waals surface area contributed by atoms with Crippen molar-refractivity contribution >= 4 is 11.9 Å². The van der Waals surface area contributed by atoms with Crippen LogP contribution in [0.5, 0.6) is 0 Å². The lowest BCUT2D eigenvalue weighted by Crippen LogP contribution is -2.54. The number of amides is 1. The molecule has 1 aliphatic rings. The van der Waals surface area contributed by atoms with Gasteiger partial charge in [0.2, 0.25) is 5.91 Å². The number of aliphatic carboxylic acids is 1. The average molecular weight is 258 g/mol. The molecule has 1 rings (SSSR count). The second-order valence-corrected chi connectivity index (χ2v) is 4.79. The molecule has 1 heterocycles. The molecule has 6 nitrogen and oxygen atoms in total. The van der Waals surface area contributed by atoms with E-state index in [1.807, 2.05) is 6.92 Å². The van der Waals surface area contributed by atoms with Gasteiger partial charge in [-0.3, -0.25) is 4.79 Å². The number of carboxylic acid groups (broad SMARTS) is 1. The van der Waals surface area contributed by atoms with Gasteiger partial charge in [-0.25, -0.2) is 4.79 Å². The molecule has 18 heavy (non-hydrogen) atoms. The Balaban J connectivity index is 2.68. The Morgan fingerprint density at radius 3 is 2.67 bits per heavy atom. The van der Waals surface area contributed by atoms with Crippen LogP contribution in [-0.4, -0.2) is 47.8 Å². The first-order chi connectivity index (χ1) is 8.55. The summed E-state index contributed by atoms with van der Waals surface area (Å²) in [5.41, 5.74) is -0.512. The van der Waals surface area contributed by atoms with Crippen LogP contribution in [0.3, 0.4) is 0 Å². The zero-order valence-electron chi connectivity index (χ0n) is 10.7. The van der Waals surface area contributed by atoms with Gasteiger partial charge < -0.3 is 20.8 Å². The Morgan fingerprint density at radius 1 is 1.50 bits per heavy atom. The van der Waals surface area contributed by atoms with E-state index in [1.54, 1.807) is 0 Å². The summed E-state index contributed by atoms with van der Waals surface area (Å²) < 4.78 is 0. The van der Waals surface area contributed by atoms with E-state index >= 15 is 0 Å². The summed E-state index contributed by atoms with van der Waals surface area (Å²) in [7, 11) is 0. The standard InChI is InChI=1S/C12H22N2O4/c1-2-12(5-3-6-13-8-12)11(18)14-9(4-7-15)10(16)17/h9,13,15H,2-8H2,1H3,(H,14,18)(H,16,17)/t9-,12?/m1/s1. The largest absolute Gasteiger partial charge is 0.480 e. The molecule has 0 aromatic carbocycles. The summed E-state index contributed by atoms with van der Waals surface area (Å²) in [5, 5.41) is 23.5. The van der Waals surface area contributed by atoms with Crippen LogP contribution >= 0.6 is 0 Å². The maximum absolute atomic E-state index is 12.2. The highest BCUT2D eigenvalue weighted by atomic mass is 16.4. The smallest absolute Gasteiger partial charge is 0.326 e. The number of rotatable bonds is 6. The minimum Gasteiger partial charge on any atom is -0.480 e. The molecule has 1 fully saturated rings. The zero-order chi connectivity index (χ0) is 13.6. The predicted molar refractivity (Wildman–Crippen MR) is 66.1 cm³/mol. The maximum Gasteiger partial charge on any atom is 0.326 e. The van der Waals surface area contributed by atoms with Gasteiger partial charge in [0.25, 0.3) is 0 Å². The molecule has 0 bridgehead atoms. The first-order valence-corrected chi connectivity index (χ1v) is 6.41. The summed E-state index contributed by atoms with van der Waals surface area (Å²) in [4.78, 5) is 23.2. The Labute approximate surface area is 107 Å². The third-order valence-electron chi connectivity index (χ3n) is 3.65. The van der Waals surface area contributed by atoms with E-state index in [-0.39, 0.29) is 18.9 Å². The minimum absolute atomic E-state index is 0.0360. The number of aliphatic hydroxyl groups is 1. The first kappa shape index (κ1) is 14.9. The molecule has 0 spiro atoms. The van der Waals surface area contributed by atoms with Crippen molar-refractivity contribution in [3.05, 3.63) is 0 Å². The van der Waals surface area contributed by atoms with Crippen LogP contribution in [0.4, 0.5) is 0 Å². The Hall–Kier alpha value is -1.14. The molecule has 1 amide bonds. The fraction of sp³-hybridized carbons (Fsp3) is 0.833. The lowest BCUT2D eigenvalue weighted by Gasteiger charge is -2.36. The highest BCUT2D eigenvalue weighted by Gasteiger charge is 2.39. The lowest BCUT2D eigenvalue weighted by molar-refractivity contribution is -0.144. The Kier molecular flexibility index (Phi) is 5.55. The average Bonchev–Trinajstić information content (AvgIpc) is 2.38. The van der Waals surface area contributed by atoms with Crippen molar-refractivity contribution in [2.75, 3.05) is 19.7 Å². The number of carbonyl (C=O) groups is 2. The first-order valence-electron chi connectivity index (χ1n) is 6.41. The van der Waals surface area contributed by atoms with E-state index in [1.165, 1.54) is 0 Å². The van der Waals surface area contributed by atoms with Gasteiger partial charge in [0.15, 0.2) is 0 Å². The Morgan fingerprint density at radius 2 is 2.22 bits per heavy atom. The molecule has 0 aromatic rings. The lowest BCUT2D eigenvalue weighted by atomic mass is 9.77. The van der Waals surface area contributed by atoms with E-state index in [2.05, 4.69) is 10.6 Å². The second kappa shape index (κ2) is 6.70. The molecule has 0 saturated carbocycles. The van der Waals surface area contributed by atoms with Crippen LogP contribution in [0.2, 0.25) is 0 Å². The molecular formula is C12H22N2O4. The summed E-state index contributed by atoms with van der Waals surface area (Å²) in [6.45, 7) is 3.16. The van der Waals surface area contributed by atoms with Crippen molar-refractivity contribution in [2.24, 2.45) is 5.41 Å². The molecule has 4 N–H and O–H groups in total. The van der Waals surface area contributed by atoms with Crippen molar-refractivity contribution < 1.29 is 19.8 Å². The summed E-state index contributed by atoms with van der Waals surface area (Å²) >= 11 is 0. The number of nitrogens with one attached hydrogen (secondary N) is 2. The van der Waals surface area contributed by atoms with Gasteiger partial charge in [-0.15, -0.1) is 0 Å². The topological polar surface area (TPSA) is 98.7 Å². The van der Waals surface area contributed by atoms with Crippen LogP contribution in [-0.2, 0) is 9.59 Å². The van der Waals surface area contributed by atoms with Gasteiger partial charge in [0, 0.05) is 19.6 Å². The SMILES string of the molecule is CCC1(C(=O)N[C@H](CCO)C(=O)O)CCCNC1. The van der Waals surface area contributed by atoms with E-state index in [9.17, 15) is 9.59 Å². The summed E-state index contributed by atoms with van der Waals surface area (Å²) in [5.74, 6) is -1.33. The highest BCUT2D eigenvalue weighted by molar-refractivity contribution is 5.87. The van der Waals surface area contributed by atoms with E-state index in [4.69, 9.17) is 10.2 Å². The molecule has 1 unspecified atom stereocenters. The number of hydrogen-bond acceptors (Lipinski definition) is 4. The highest BCUT2D eigenvalue weighted by Crippen LogP contribution is 2.30. The third kappa shape index (κ3) is 3.43. The van der Waals surface area contributed by atoms with Gasteiger partial charge in [-0.2, -0.15) is 0 Å². The van der Waals surface area contributed by atoms with Gasteiger partial charge in [-0.05, 0) is 25.8 Å². The number of carboxylic acids is 1. The minimum atomic E-state index is -1.10. The van der Waals surface area contributed by atoms with Gasteiger partial charge in [0.1, 0.15) is 6.04 Å². The number of aliphatic hydroxyl groups excluding tert-OH is 1. The fourth-order valence-electron chi connectivity index (χ4n) is 2.32. The van der Waals surface area contributed by atoms with Gasteiger partial charge in [-0.1, -0.05) is 6.92 Å². The summed E-state index contributed by atoms with van der Waals surface area (Å²) in [6, 6.07) is -1.01. The van der Waals surface area contributed by atoms with E-state index in [0.717, 1.165) is 19.4 Å². The van der Waals surface area contributed by atoms with Crippen molar-refractivity contribution in [2.45, 2.75) is 38.6 Å². The Bertz CT molecular complexity index is 300. The predicted octanol–water partition coefficient (Wildman–Crippen LogP) is -0.282. The molecule has 0 aromatic heterocycles. The van der Waals surface area contributed by atoms with Crippen LogP contribution in [0, 0.1) is 5.41 Å². The second-order valence-electron chi connectivity index (χ2n) is 4.79. The van der Waals surface area contributed by atoms with Crippen LogP contribution in [0.25, 0.3) is 0 Å². The van der Waals surface area contributed by atoms with E-state index < -0.39 is 17.4 Å². The summed E-state index contributed by atoms with van der Waals surface area (Å²) in [6.07, 6.45) is 2.40. The van der Waals surface area contributed by atoms with Crippen molar-refractivity contribution in [1.82, 2.24) is 10.6 Å². The molecule has 2 atom stereocenters. The van der Waals surface area contributed by atoms with Crippen LogP contribution in [0.1, 0.15) is 32.6 Å². The van der Waals surface area contributed by atoms with E-state index in [0.29, 0.717) is 13.0 Å². The number of carbonyl (C=O) groups excluding carboxylic acids is 1. The van der Waals surface area contributed by atoms with Crippen molar-refractivity contribution in [3.63, 3.8) is 0 Å². The monoisotopic (exact) mass is 258 g/mol. The molecule has 1 aliphatic heterocycles. The van der Waals surface area contributed by atoms with Crippen LogP contribution < -0.4 is 10.6 Å². The fourth-order valence-corrected chi connectivity index (χ4v) is 2.32. The number of piperidine rings is 1. The van der Waals surface area contributed by atoms with Crippen molar-refractivity contribution in [1.29, 1.82) is 0 Å². The van der Waals surface area contributed by atoms with Crippen molar-refractivity contribution in [3.8, 4) is 0 Å². The maximum atomic E-state index is 12.2. The quantitative estimate of drug-likeness (QED) is 0.525. The zero-order valence-corrected chi connectivity index (χ0v) is 10.7. The molecule has 6 heteroatoms. The normalized spacial score (nSPS) is 25.4. The molecular weight excluding hydrogens is 236 g/mol. The van der Waals surface area contributed by atoms with Gasteiger partial charge in [0.05, 0.1) is 5.41 Å². The van der Waals surface area contributed by atoms with Crippen LogP contribution in [0.15, 0.2) is 0 Å². The van der Waals surface area contributed by atoms with Gasteiger partial charge >= 0.3 is 5.97 Å². The molecule has 0 aliphatic carbocycles. The molecule has 1 saturated heterocycles. The number of hydrogen-bond donors (Lipinski definition) is 4. The molecule has 104 valence electrons. The molecule has 0 radical (unpaired) electrons. The third-order valence-corrected chi connectivity index (χ3v) is 3.65.